The Hall–Kier alpha value is -0.300. The van der Waals surface area contributed by atoms with Crippen molar-refractivity contribution >= 4 is 17.4 Å². The summed E-state index contributed by atoms with van der Waals surface area (Å²) in [6.45, 7) is 0. The van der Waals surface area contributed by atoms with Gasteiger partial charge in [0.05, 0.1) is 5.38 Å². The summed E-state index contributed by atoms with van der Waals surface area (Å²) >= 11 is 5.93. The zero-order valence-electron chi connectivity index (χ0n) is 7.00. The summed E-state index contributed by atoms with van der Waals surface area (Å²) in [6, 6.07) is 0. The number of carbonyl (C=O) groups is 1. The van der Waals surface area contributed by atoms with E-state index in [2.05, 4.69) is 12.2 Å². The molecule has 3 atom stereocenters. The number of alkyl halides is 1. The van der Waals surface area contributed by atoms with Crippen LogP contribution in [-0.4, -0.2) is 11.2 Å². The first-order chi connectivity index (χ1) is 5.80. The van der Waals surface area contributed by atoms with E-state index in [4.69, 9.17) is 11.6 Å². The summed E-state index contributed by atoms with van der Waals surface area (Å²) in [5.41, 5.74) is 0. The summed E-state index contributed by atoms with van der Waals surface area (Å²) in [5, 5.41) is -0.165. The molecule has 0 bridgehead atoms. The lowest BCUT2D eigenvalue weighted by Gasteiger charge is -2.40. The Bertz CT molecular complexity index is 222. The molecule has 0 radical (unpaired) electrons. The molecule has 2 aliphatic carbocycles. The fraction of sp³-hybridized carbons (Fsp3) is 0.700. The quantitative estimate of drug-likeness (QED) is 0.418. The van der Waals surface area contributed by atoms with E-state index in [1.54, 1.807) is 0 Å². The lowest BCUT2D eigenvalue weighted by Crippen LogP contribution is -2.48. The van der Waals surface area contributed by atoms with Crippen LogP contribution in [0.25, 0.3) is 0 Å². The van der Waals surface area contributed by atoms with Crippen molar-refractivity contribution in [2.75, 3.05) is 0 Å². The maximum absolute atomic E-state index is 11.3. The number of rotatable bonds is 0. The van der Waals surface area contributed by atoms with Gasteiger partial charge in [-0.3, -0.25) is 4.79 Å². The third-order valence-corrected chi connectivity index (χ3v) is 3.55. The molecule has 0 saturated heterocycles. The monoisotopic (exact) mass is 184 g/mol. The first-order valence-corrected chi connectivity index (χ1v) is 5.07. The second kappa shape index (κ2) is 3.21. The zero-order chi connectivity index (χ0) is 8.55. The molecule has 0 aromatic rings. The van der Waals surface area contributed by atoms with E-state index in [1.807, 2.05) is 0 Å². The first-order valence-electron chi connectivity index (χ1n) is 4.63. The van der Waals surface area contributed by atoms with Gasteiger partial charge in [-0.1, -0.05) is 12.2 Å². The number of Topliss-reactive ketones (excluding diaryl/α,β-unsaturated/α-hetero) is 1. The van der Waals surface area contributed by atoms with Crippen LogP contribution in [0.15, 0.2) is 12.2 Å². The van der Waals surface area contributed by atoms with Gasteiger partial charge in [0.25, 0.3) is 0 Å². The van der Waals surface area contributed by atoms with Gasteiger partial charge in [-0.2, -0.15) is 0 Å². The minimum atomic E-state index is -0.165. The van der Waals surface area contributed by atoms with Gasteiger partial charge in [0, 0.05) is 5.92 Å². The lowest BCUT2D eigenvalue weighted by molar-refractivity contribution is -0.134. The predicted molar refractivity (Wildman–Crippen MR) is 49.2 cm³/mol. The number of ketones is 1. The summed E-state index contributed by atoms with van der Waals surface area (Å²) in [5.74, 6) is 1.05. The van der Waals surface area contributed by atoms with Crippen molar-refractivity contribution in [2.45, 2.75) is 31.1 Å². The van der Waals surface area contributed by atoms with Gasteiger partial charge >= 0.3 is 0 Å². The molecular formula is C10H13ClO. The lowest BCUT2D eigenvalue weighted by atomic mass is 9.67. The van der Waals surface area contributed by atoms with Crippen molar-refractivity contribution in [1.29, 1.82) is 0 Å². The molecule has 0 N–H and O–H groups in total. The molecule has 1 saturated carbocycles. The molecule has 0 unspecified atom stereocenters. The van der Waals surface area contributed by atoms with Gasteiger partial charge in [-0.05, 0) is 31.6 Å². The first kappa shape index (κ1) is 8.31. The average molecular weight is 185 g/mol. The maximum Gasteiger partial charge on any atom is 0.154 e. The standard InChI is InChI=1S/C10H13ClO/c11-9-7-5-3-1-2-4-6-8(7)10(9)12/h1-2,7-9H,3-6H2/b2-1-/t7-,8+,9+/m0/s1. The van der Waals surface area contributed by atoms with Crippen LogP contribution in [0.1, 0.15) is 25.7 Å². The van der Waals surface area contributed by atoms with Crippen molar-refractivity contribution < 1.29 is 4.79 Å². The van der Waals surface area contributed by atoms with Crippen LogP contribution in [0.2, 0.25) is 0 Å². The molecular weight excluding hydrogens is 172 g/mol. The Kier molecular flexibility index (Phi) is 2.22. The Balaban J connectivity index is 2.05. The van der Waals surface area contributed by atoms with E-state index in [0.29, 0.717) is 5.92 Å². The zero-order valence-corrected chi connectivity index (χ0v) is 7.76. The number of allylic oxidation sites excluding steroid dienone is 2. The molecule has 1 fully saturated rings. The van der Waals surface area contributed by atoms with Crippen LogP contribution >= 0.6 is 11.6 Å². The third-order valence-electron chi connectivity index (χ3n) is 3.01. The average Bonchev–Trinajstić information content (AvgIpc) is 2.04. The molecule has 0 aliphatic heterocycles. The van der Waals surface area contributed by atoms with Gasteiger partial charge in [-0.25, -0.2) is 0 Å². The van der Waals surface area contributed by atoms with Crippen LogP contribution in [0.3, 0.4) is 0 Å². The highest BCUT2D eigenvalue weighted by atomic mass is 35.5. The highest BCUT2D eigenvalue weighted by Gasteiger charge is 2.47. The smallest absolute Gasteiger partial charge is 0.154 e. The molecule has 2 rings (SSSR count). The summed E-state index contributed by atoms with van der Waals surface area (Å²) in [6.07, 6.45) is 8.66. The van der Waals surface area contributed by atoms with Gasteiger partial charge in [-0.15, -0.1) is 11.6 Å². The number of carbonyl (C=O) groups excluding carboxylic acids is 1. The largest absolute Gasteiger partial charge is 0.298 e. The van der Waals surface area contributed by atoms with E-state index in [9.17, 15) is 4.79 Å². The van der Waals surface area contributed by atoms with Crippen LogP contribution in [-0.2, 0) is 4.79 Å². The van der Waals surface area contributed by atoms with Crippen LogP contribution < -0.4 is 0 Å². The van der Waals surface area contributed by atoms with E-state index < -0.39 is 0 Å². The number of fused-ring (bicyclic) bond motifs is 1. The van der Waals surface area contributed by atoms with E-state index >= 15 is 0 Å². The summed E-state index contributed by atoms with van der Waals surface area (Å²) < 4.78 is 0. The number of hydrogen-bond acceptors (Lipinski definition) is 1. The fourth-order valence-electron chi connectivity index (χ4n) is 2.22. The molecule has 0 spiro atoms. The molecule has 1 nitrogen and oxygen atoms in total. The Morgan fingerprint density at radius 1 is 1.25 bits per heavy atom. The molecule has 12 heavy (non-hydrogen) atoms. The molecule has 0 heterocycles. The molecule has 0 amide bonds. The minimum absolute atomic E-state index is 0.165. The van der Waals surface area contributed by atoms with Crippen molar-refractivity contribution in [2.24, 2.45) is 11.8 Å². The van der Waals surface area contributed by atoms with Crippen molar-refractivity contribution in [1.82, 2.24) is 0 Å². The second-order valence-corrected chi connectivity index (χ2v) is 4.17. The molecule has 66 valence electrons. The van der Waals surface area contributed by atoms with Gasteiger partial charge in [0.1, 0.15) is 0 Å². The van der Waals surface area contributed by atoms with Gasteiger partial charge < -0.3 is 0 Å². The Morgan fingerprint density at radius 3 is 2.67 bits per heavy atom. The predicted octanol–water partition coefficient (Wildman–Crippen LogP) is 2.54. The highest BCUT2D eigenvalue weighted by Crippen LogP contribution is 2.42. The van der Waals surface area contributed by atoms with E-state index in [0.717, 1.165) is 25.7 Å². The second-order valence-electron chi connectivity index (χ2n) is 3.70. The van der Waals surface area contributed by atoms with Crippen molar-refractivity contribution in [3.05, 3.63) is 12.2 Å². The summed E-state index contributed by atoms with van der Waals surface area (Å²) in [7, 11) is 0. The fourth-order valence-corrected chi connectivity index (χ4v) is 2.68. The van der Waals surface area contributed by atoms with Gasteiger partial charge in [0.15, 0.2) is 5.78 Å². The van der Waals surface area contributed by atoms with Crippen molar-refractivity contribution in [3.8, 4) is 0 Å². The minimum Gasteiger partial charge on any atom is -0.298 e. The topological polar surface area (TPSA) is 17.1 Å². The summed E-state index contributed by atoms with van der Waals surface area (Å²) in [4.78, 5) is 11.3. The Morgan fingerprint density at radius 2 is 1.92 bits per heavy atom. The molecule has 0 aromatic heterocycles. The van der Waals surface area contributed by atoms with Crippen LogP contribution in [0.5, 0.6) is 0 Å². The molecule has 0 aromatic carbocycles. The van der Waals surface area contributed by atoms with E-state index in [-0.39, 0.29) is 17.1 Å². The number of halogens is 1. The third kappa shape index (κ3) is 1.20. The van der Waals surface area contributed by atoms with E-state index in [1.165, 1.54) is 0 Å². The SMILES string of the molecule is O=C1[C@H](Cl)[C@H]2CC/C=C\CC[C@@H]12. The van der Waals surface area contributed by atoms with Gasteiger partial charge in [0.2, 0.25) is 0 Å². The van der Waals surface area contributed by atoms with Crippen LogP contribution in [0, 0.1) is 11.8 Å². The molecule has 2 heteroatoms. The number of hydrogen-bond donors (Lipinski definition) is 0. The normalized spacial score (nSPS) is 43.8. The maximum atomic E-state index is 11.3. The highest BCUT2D eigenvalue weighted by molar-refractivity contribution is 6.34. The van der Waals surface area contributed by atoms with Crippen molar-refractivity contribution in [3.63, 3.8) is 0 Å². The Labute approximate surface area is 77.8 Å². The van der Waals surface area contributed by atoms with Crippen LogP contribution in [0.4, 0.5) is 0 Å². The molecule has 2 aliphatic rings.